The minimum absolute atomic E-state index is 0.00664. The molecule has 0 saturated carbocycles. The quantitative estimate of drug-likeness (QED) is 0.461. The molecule has 0 radical (unpaired) electrons. The first-order valence-corrected chi connectivity index (χ1v) is 11.2. The molecule has 0 bridgehead atoms. The Balaban J connectivity index is 1.45. The highest BCUT2D eigenvalue weighted by Gasteiger charge is 2.54. The van der Waals surface area contributed by atoms with Gasteiger partial charge in [0.1, 0.15) is 0 Å². The molecule has 6 rings (SSSR count). The zero-order valence-corrected chi connectivity index (χ0v) is 18.6. The monoisotopic (exact) mass is 461 g/mol. The average Bonchev–Trinajstić information content (AvgIpc) is 3.55. The summed E-state index contributed by atoms with van der Waals surface area (Å²) < 4.78 is 7.87. The van der Waals surface area contributed by atoms with Crippen molar-refractivity contribution >= 4 is 28.9 Å². The Labute approximate surface area is 194 Å². The number of aromatic nitrogens is 4. The number of hydrogen-bond donors (Lipinski definition) is 0. The molecule has 1 spiro atoms. The van der Waals surface area contributed by atoms with Crippen LogP contribution in [0.1, 0.15) is 30.0 Å². The number of carbonyl (C=O) groups excluding carboxylic acids is 1. The van der Waals surface area contributed by atoms with E-state index in [0.29, 0.717) is 23.6 Å². The molecule has 2 aromatic heterocycles. The van der Waals surface area contributed by atoms with Crippen molar-refractivity contribution in [3.05, 3.63) is 87.4 Å². The number of benzene rings is 2. The minimum Gasteiger partial charge on any atom is -0.395 e. The van der Waals surface area contributed by atoms with Crippen molar-refractivity contribution in [3.8, 4) is 5.69 Å². The van der Waals surface area contributed by atoms with Gasteiger partial charge < -0.3 is 4.42 Å². The number of fused-ring (bicyclic) bond motifs is 3. The fourth-order valence-corrected chi connectivity index (χ4v) is 5.30. The first-order chi connectivity index (χ1) is 16.0. The van der Waals surface area contributed by atoms with Crippen LogP contribution < -0.4 is 10.7 Å². The van der Waals surface area contributed by atoms with E-state index in [1.54, 1.807) is 11.1 Å². The van der Waals surface area contributed by atoms with Gasteiger partial charge >= 0.3 is 5.76 Å². The molecule has 8 nitrogen and oxygen atoms in total. The number of halogens is 1. The van der Waals surface area contributed by atoms with E-state index in [-0.39, 0.29) is 5.91 Å². The molecular weight excluding hydrogens is 442 g/mol. The van der Waals surface area contributed by atoms with Crippen LogP contribution in [0.25, 0.3) is 5.69 Å². The van der Waals surface area contributed by atoms with Gasteiger partial charge in [-0.3, -0.25) is 14.4 Å². The maximum absolute atomic E-state index is 14.1. The summed E-state index contributed by atoms with van der Waals surface area (Å²) in [6, 6.07) is 11.4. The van der Waals surface area contributed by atoms with Crippen LogP contribution >= 0.6 is 11.6 Å². The van der Waals surface area contributed by atoms with Gasteiger partial charge in [-0.05, 0) is 60.2 Å². The summed E-state index contributed by atoms with van der Waals surface area (Å²) in [4.78, 5) is 27.7. The topological polar surface area (TPSA) is 86.2 Å². The smallest absolute Gasteiger partial charge is 0.395 e. The molecule has 33 heavy (non-hydrogen) atoms. The van der Waals surface area contributed by atoms with Gasteiger partial charge in [0.25, 0.3) is 0 Å². The summed E-state index contributed by atoms with van der Waals surface area (Å²) in [5.74, 6) is -0.540. The predicted octanol–water partition coefficient (Wildman–Crippen LogP) is 3.80. The largest absolute Gasteiger partial charge is 0.441 e. The summed E-state index contributed by atoms with van der Waals surface area (Å²) in [5.41, 5.74) is 4.46. The van der Waals surface area contributed by atoms with Crippen LogP contribution in [0.3, 0.4) is 0 Å². The van der Waals surface area contributed by atoms with Gasteiger partial charge in [-0.25, -0.2) is 4.79 Å². The van der Waals surface area contributed by atoms with Gasteiger partial charge in [-0.2, -0.15) is 9.78 Å². The molecule has 2 aliphatic rings. The van der Waals surface area contributed by atoms with E-state index >= 15 is 0 Å². The number of carbonyl (C=O) groups is 1. The SMILES string of the molecule is CCCn1cc(N2C(=O)C3(Cc4ccc(-n5ncoc5=O)cc4C3)c3ccc(Cl)cc32)cn1. The van der Waals surface area contributed by atoms with Gasteiger partial charge in [-0.1, -0.05) is 30.7 Å². The molecule has 0 saturated heterocycles. The van der Waals surface area contributed by atoms with Crippen LogP contribution in [0.15, 0.2) is 64.4 Å². The Kier molecular flexibility index (Phi) is 4.35. The molecule has 0 N–H and O–H groups in total. The van der Waals surface area contributed by atoms with Gasteiger partial charge in [-0.15, -0.1) is 5.10 Å². The Hall–Kier alpha value is -3.65. The molecule has 1 aliphatic heterocycles. The first-order valence-electron chi connectivity index (χ1n) is 10.8. The van der Waals surface area contributed by atoms with Crippen molar-refractivity contribution in [3.63, 3.8) is 0 Å². The van der Waals surface area contributed by atoms with Gasteiger partial charge in [0.05, 0.1) is 28.7 Å². The third kappa shape index (κ3) is 2.90. The second kappa shape index (κ2) is 7.18. The molecule has 166 valence electrons. The molecule has 2 aromatic carbocycles. The standard InChI is InChI=1S/C24H20ClN5O3/c1-2-7-28-13-19(12-26-28)29-21-9-17(25)4-6-20(21)24(22(29)31)10-15-3-5-18(8-16(15)11-24)30-23(32)33-14-27-30/h3-6,8-9,12-14H,2,7,10-11H2,1H3. The third-order valence-corrected chi connectivity index (χ3v) is 6.80. The molecule has 1 amide bonds. The van der Waals surface area contributed by atoms with Crippen molar-refractivity contribution < 1.29 is 9.21 Å². The van der Waals surface area contributed by atoms with Crippen LogP contribution in [-0.2, 0) is 29.6 Å². The second-order valence-electron chi connectivity index (χ2n) is 8.57. The molecule has 1 aliphatic carbocycles. The summed E-state index contributed by atoms with van der Waals surface area (Å²) in [6.45, 7) is 2.87. The van der Waals surface area contributed by atoms with Crippen molar-refractivity contribution in [2.75, 3.05) is 4.90 Å². The average molecular weight is 462 g/mol. The van der Waals surface area contributed by atoms with E-state index < -0.39 is 11.2 Å². The van der Waals surface area contributed by atoms with E-state index in [2.05, 4.69) is 17.1 Å². The molecule has 1 unspecified atom stereocenters. The first kappa shape index (κ1) is 20.0. The number of amides is 1. The van der Waals surface area contributed by atoms with Crippen LogP contribution in [-0.4, -0.2) is 25.5 Å². The second-order valence-corrected chi connectivity index (χ2v) is 9.01. The maximum Gasteiger partial charge on any atom is 0.441 e. The number of hydrogen-bond acceptors (Lipinski definition) is 5. The van der Waals surface area contributed by atoms with E-state index in [1.807, 2.05) is 47.3 Å². The fourth-order valence-electron chi connectivity index (χ4n) is 5.13. The van der Waals surface area contributed by atoms with Gasteiger partial charge in [0, 0.05) is 17.8 Å². The Morgan fingerprint density at radius 2 is 1.91 bits per heavy atom. The van der Waals surface area contributed by atoms with Gasteiger partial charge in [0.2, 0.25) is 12.3 Å². The maximum atomic E-state index is 14.1. The lowest BCUT2D eigenvalue weighted by molar-refractivity contribution is -0.122. The van der Waals surface area contributed by atoms with Crippen molar-refractivity contribution in [2.24, 2.45) is 0 Å². The highest BCUT2D eigenvalue weighted by atomic mass is 35.5. The summed E-state index contributed by atoms with van der Waals surface area (Å²) >= 11 is 6.35. The van der Waals surface area contributed by atoms with Crippen LogP contribution in [0.2, 0.25) is 5.02 Å². The van der Waals surface area contributed by atoms with Crippen molar-refractivity contribution in [1.29, 1.82) is 0 Å². The predicted molar refractivity (Wildman–Crippen MR) is 122 cm³/mol. The molecular formula is C24H20ClN5O3. The molecule has 1 atom stereocenters. The Bertz CT molecular complexity index is 1470. The zero-order valence-electron chi connectivity index (χ0n) is 17.9. The van der Waals surface area contributed by atoms with Crippen LogP contribution in [0, 0.1) is 0 Å². The van der Waals surface area contributed by atoms with Crippen molar-refractivity contribution in [1.82, 2.24) is 19.6 Å². The highest BCUT2D eigenvalue weighted by Crippen LogP contribution is 2.52. The van der Waals surface area contributed by atoms with E-state index in [1.165, 1.54) is 4.68 Å². The van der Waals surface area contributed by atoms with E-state index in [0.717, 1.165) is 47.4 Å². The third-order valence-electron chi connectivity index (χ3n) is 6.57. The van der Waals surface area contributed by atoms with E-state index in [9.17, 15) is 9.59 Å². The highest BCUT2D eigenvalue weighted by molar-refractivity contribution is 6.31. The van der Waals surface area contributed by atoms with Crippen LogP contribution in [0.5, 0.6) is 0 Å². The Morgan fingerprint density at radius 1 is 1.06 bits per heavy atom. The number of rotatable bonds is 4. The molecule has 9 heteroatoms. The van der Waals surface area contributed by atoms with Crippen LogP contribution in [0.4, 0.5) is 11.4 Å². The van der Waals surface area contributed by atoms with Crippen molar-refractivity contribution in [2.45, 2.75) is 38.1 Å². The molecule has 4 aromatic rings. The normalized spacial score (nSPS) is 18.8. The molecule has 3 heterocycles. The summed E-state index contributed by atoms with van der Waals surface area (Å²) in [6.07, 6.45) is 6.80. The number of anilines is 2. The lowest BCUT2D eigenvalue weighted by atomic mass is 9.79. The Morgan fingerprint density at radius 3 is 2.70 bits per heavy atom. The molecule has 0 fully saturated rings. The minimum atomic E-state index is -0.734. The number of aryl methyl sites for hydroxylation is 1. The van der Waals surface area contributed by atoms with Gasteiger partial charge in [0.15, 0.2) is 0 Å². The lowest BCUT2D eigenvalue weighted by Crippen LogP contribution is -2.39. The summed E-state index contributed by atoms with van der Waals surface area (Å²) in [7, 11) is 0. The fraction of sp³-hybridized carbons (Fsp3) is 0.250. The lowest BCUT2D eigenvalue weighted by Gasteiger charge is -2.23. The summed E-state index contributed by atoms with van der Waals surface area (Å²) in [5, 5.41) is 8.97. The van der Waals surface area contributed by atoms with E-state index in [4.69, 9.17) is 16.0 Å². The number of nitrogens with zero attached hydrogens (tertiary/aromatic N) is 5. The zero-order chi connectivity index (χ0) is 22.7.